The van der Waals surface area contributed by atoms with Crippen molar-refractivity contribution in [3.8, 4) is 0 Å². The van der Waals surface area contributed by atoms with Crippen molar-refractivity contribution >= 4 is 11.6 Å². The summed E-state index contributed by atoms with van der Waals surface area (Å²) in [7, 11) is 1.89. The maximum Gasteiger partial charge on any atom is 0.134 e. The number of hydrogen-bond acceptors (Lipinski definition) is 4. The maximum absolute atomic E-state index is 4.51. The summed E-state index contributed by atoms with van der Waals surface area (Å²) < 4.78 is 0. The van der Waals surface area contributed by atoms with Gasteiger partial charge in [0.05, 0.1) is 0 Å². The van der Waals surface area contributed by atoms with Gasteiger partial charge >= 0.3 is 0 Å². The second-order valence-corrected chi connectivity index (χ2v) is 4.34. The fourth-order valence-corrected chi connectivity index (χ4v) is 1.44. The average Bonchev–Trinajstić information content (AvgIpc) is 2.27. The third-order valence-electron chi connectivity index (χ3n) is 2.42. The van der Waals surface area contributed by atoms with Crippen LogP contribution < -0.4 is 10.6 Å². The topological polar surface area (TPSA) is 49.8 Å². The van der Waals surface area contributed by atoms with Crippen molar-refractivity contribution in [1.82, 2.24) is 9.97 Å². The van der Waals surface area contributed by atoms with Gasteiger partial charge in [0.25, 0.3) is 0 Å². The lowest BCUT2D eigenvalue weighted by molar-refractivity contribution is 0.685. The molecule has 1 heterocycles. The number of aromatic nitrogens is 2. The van der Waals surface area contributed by atoms with Crippen molar-refractivity contribution in [2.75, 3.05) is 24.2 Å². The molecule has 0 spiro atoms. The Morgan fingerprint density at radius 2 is 1.81 bits per heavy atom. The van der Waals surface area contributed by atoms with E-state index < -0.39 is 0 Å². The lowest BCUT2D eigenvalue weighted by Crippen LogP contribution is -2.13. The minimum Gasteiger partial charge on any atom is -0.373 e. The van der Waals surface area contributed by atoms with Gasteiger partial charge in [-0.05, 0) is 12.8 Å². The summed E-state index contributed by atoms with van der Waals surface area (Å²) in [5.74, 6) is 3.35. The van der Waals surface area contributed by atoms with Crippen LogP contribution >= 0.6 is 0 Å². The minimum absolute atomic E-state index is 0.609. The molecule has 0 aliphatic heterocycles. The van der Waals surface area contributed by atoms with Crippen LogP contribution in [0.25, 0.3) is 0 Å². The molecule has 0 aliphatic rings. The molecule has 0 amide bonds. The summed E-state index contributed by atoms with van der Waals surface area (Å²) in [5.41, 5.74) is 1.08. The van der Waals surface area contributed by atoms with Gasteiger partial charge in [0.15, 0.2) is 0 Å². The SMILES string of the molecule is CCc1nc(NC)c(C)c(NCC(C)C)n1. The van der Waals surface area contributed by atoms with E-state index in [9.17, 15) is 0 Å². The van der Waals surface area contributed by atoms with Crippen molar-refractivity contribution in [3.63, 3.8) is 0 Å². The zero-order valence-electron chi connectivity index (χ0n) is 10.9. The Hall–Kier alpha value is -1.32. The van der Waals surface area contributed by atoms with Crippen molar-refractivity contribution in [2.45, 2.75) is 34.1 Å². The number of anilines is 2. The zero-order valence-corrected chi connectivity index (χ0v) is 10.9. The first-order valence-corrected chi connectivity index (χ1v) is 5.87. The lowest BCUT2D eigenvalue weighted by Gasteiger charge is -2.14. The molecular weight excluding hydrogens is 200 g/mol. The number of hydrogen-bond donors (Lipinski definition) is 2. The molecule has 1 rings (SSSR count). The van der Waals surface area contributed by atoms with Gasteiger partial charge in [-0.1, -0.05) is 20.8 Å². The standard InChI is InChI=1S/C12H22N4/c1-6-10-15-11(13-5)9(4)12(16-10)14-7-8(2)3/h8H,6-7H2,1-5H3,(H2,13,14,15,16). The van der Waals surface area contributed by atoms with Crippen LogP contribution in [0.3, 0.4) is 0 Å². The van der Waals surface area contributed by atoms with Gasteiger partial charge < -0.3 is 10.6 Å². The van der Waals surface area contributed by atoms with Gasteiger partial charge in [-0.15, -0.1) is 0 Å². The van der Waals surface area contributed by atoms with Gasteiger partial charge in [0, 0.05) is 25.6 Å². The number of nitrogens with one attached hydrogen (secondary N) is 2. The second-order valence-electron chi connectivity index (χ2n) is 4.34. The van der Waals surface area contributed by atoms with E-state index in [1.165, 1.54) is 0 Å². The smallest absolute Gasteiger partial charge is 0.134 e. The second kappa shape index (κ2) is 5.68. The molecular formula is C12H22N4. The maximum atomic E-state index is 4.51. The summed E-state index contributed by atoms with van der Waals surface area (Å²) in [6.07, 6.45) is 0.852. The molecule has 0 atom stereocenters. The van der Waals surface area contributed by atoms with E-state index in [0.717, 1.165) is 36.0 Å². The van der Waals surface area contributed by atoms with Crippen LogP contribution in [0.2, 0.25) is 0 Å². The first-order valence-electron chi connectivity index (χ1n) is 5.87. The fraction of sp³-hybridized carbons (Fsp3) is 0.667. The van der Waals surface area contributed by atoms with Crippen LogP contribution in [0.5, 0.6) is 0 Å². The highest BCUT2D eigenvalue weighted by atomic mass is 15.1. The summed E-state index contributed by atoms with van der Waals surface area (Å²) in [5, 5.41) is 6.48. The van der Waals surface area contributed by atoms with Crippen LogP contribution in [0.1, 0.15) is 32.2 Å². The first-order chi connectivity index (χ1) is 7.58. The average molecular weight is 222 g/mol. The molecule has 2 N–H and O–H groups in total. The van der Waals surface area contributed by atoms with Crippen LogP contribution in [0, 0.1) is 12.8 Å². The Morgan fingerprint density at radius 3 is 2.31 bits per heavy atom. The molecule has 90 valence electrons. The number of rotatable bonds is 5. The van der Waals surface area contributed by atoms with Gasteiger partial charge in [0.2, 0.25) is 0 Å². The van der Waals surface area contributed by atoms with E-state index in [4.69, 9.17) is 0 Å². The molecule has 4 nitrogen and oxygen atoms in total. The van der Waals surface area contributed by atoms with E-state index in [1.54, 1.807) is 0 Å². The highest BCUT2D eigenvalue weighted by Crippen LogP contribution is 2.19. The van der Waals surface area contributed by atoms with Gasteiger partial charge in [-0.3, -0.25) is 0 Å². The van der Waals surface area contributed by atoms with E-state index in [1.807, 2.05) is 14.0 Å². The molecule has 0 fully saturated rings. The van der Waals surface area contributed by atoms with Gasteiger partial charge in [0.1, 0.15) is 17.5 Å². The molecule has 0 bridgehead atoms. The van der Waals surface area contributed by atoms with Gasteiger partial charge in [-0.25, -0.2) is 9.97 Å². The number of nitrogens with zero attached hydrogens (tertiary/aromatic N) is 2. The Kier molecular flexibility index (Phi) is 4.52. The molecule has 1 aromatic rings. The number of aryl methyl sites for hydroxylation is 1. The Morgan fingerprint density at radius 1 is 1.19 bits per heavy atom. The predicted octanol–water partition coefficient (Wildman–Crippen LogP) is 2.46. The largest absolute Gasteiger partial charge is 0.373 e. The lowest BCUT2D eigenvalue weighted by atomic mass is 10.2. The molecule has 0 aromatic carbocycles. The van der Waals surface area contributed by atoms with Crippen LogP contribution in [0.4, 0.5) is 11.6 Å². The van der Waals surface area contributed by atoms with Gasteiger partial charge in [-0.2, -0.15) is 0 Å². The van der Waals surface area contributed by atoms with E-state index >= 15 is 0 Å². The minimum atomic E-state index is 0.609. The quantitative estimate of drug-likeness (QED) is 0.803. The van der Waals surface area contributed by atoms with Crippen molar-refractivity contribution < 1.29 is 0 Å². The molecule has 0 radical (unpaired) electrons. The fourth-order valence-electron chi connectivity index (χ4n) is 1.44. The van der Waals surface area contributed by atoms with E-state index in [2.05, 4.69) is 41.4 Å². The molecule has 0 saturated carbocycles. The van der Waals surface area contributed by atoms with Crippen LogP contribution in [-0.4, -0.2) is 23.6 Å². The molecule has 1 aromatic heterocycles. The van der Waals surface area contributed by atoms with Crippen LogP contribution in [0.15, 0.2) is 0 Å². The molecule has 0 aliphatic carbocycles. The van der Waals surface area contributed by atoms with Crippen molar-refractivity contribution in [3.05, 3.63) is 11.4 Å². The molecule has 4 heteroatoms. The van der Waals surface area contributed by atoms with Crippen molar-refractivity contribution in [2.24, 2.45) is 5.92 Å². The van der Waals surface area contributed by atoms with E-state index in [-0.39, 0.29) is 0 Å². The highest BCUT2D eigenvalue weighted by molar-refractivity contribution is 5.56. The van der Waals surface area contributed by atoms with Crippen LogP contribution in [-0.2, 0) is 6.42 Å². The summed E-state index contributed by atoms with van der Waals surface area (Å²) in [6.45, 7) is 9.40. The third kappa shape index (κ3) is 3.08. The normalized spacial score (nSPS) is 10.6. The predicted molar refractivity (Wildman–Crippen MR) is 69.0 cm³/mol. The third-order valence-corrected chi connectivity index (χ3v) is 2.42. The monoisotopic (exact) mass is 222 g/mol. The Balaban J connectivity index is 2.96. The van der Waals surface area contributed by atoms with E-state index in [0.29, 0.717) is 5.92 Å². The Labute approximate surface area is 97.9 Å². The molecule has 0 unspecified atom stereocenters. The summed E-state index contributed by atoms with van der Waals surface area (Å²) in [6, 6.07) is 0. The van der Waals surface area contributed by atoms with Crippen molar-refractivity contribution in [1.29, 1.82) is 0 Å². The zero-order chi connectivity index (χ0) is 12.1. The highest BCUT2D eigenvalue weighted by Gasteiger charge is 2.08. The first kappa shape index (κ1) is 12.7. The summed E-state index contributed by atoms with van der Waals surface area (Å²) in [4.78, 5) is 8.94. The molecule has 16 heavy (non-hydrogen) atoms. The molecule has 0 saturated heterocycles. The Bertz CT molecular complexity index is 347. The summed E-state index contributed by atoms with van der Waals surface area (Å²) >= 11 is 0.